The van der Waals surface area contributed by atoms with Crippen molar-refractivity contribution in [1.29, 1.82) is 0 Å². The van der Waals surface area contributed by atoms with Gasteiger partial charge in [0, 0.05) is 22.8 Å². The Balaban J connectivity index is 1.45. The summed E-state index contributed by atoms with van der Waals surface area (Å²) in [5, 5.41) is 7.48. The fourth-order valence-electron chi connectivity index (χ4n) is 3.16. The van der Waals surface area contributed by atoms with Gasteiger partial charge >= 0.3 is 0 Å². The van der Waals surface area contributed by atoms with E-state index < -0.39 is 18.4 Å². The maximum absolute atomic E-state index is 14.2. The first-order chi connectivity index (χ1) is 14.4. The number of nitrogens with zero attached hydrogens (tertiary/aromatic N) is 4. The topological polar surface area (TPSA) is 72.7 Å². The lowest BCUT2D eigenvalue weighted by atomic mass is 10.1. The molecule has 0 atom stereocenters. The number of nitrogens with one attached hydrogen (secondary N) is 1. The van der Waals surface area contributed by atoms with Crippen LogP contribution in [0, 0.1) is 6.92 Å². The SMILES string of the molecule is Cc1cc(-n2ncc3cc(CC(=O)NCC(F)(F)c4ccccc4)ncc32)ccn1. The summed E-state index contributed by atoms with van der Waals surface area (Å²) in [7, 11) is 0. The highest BCUT2D eigenvalue weighted by molar-refractivity contribution is 5.82. The van der Waals surface area contributed by atoms with Gasteiger partial charge in [-0.2, -0.15) is 13.9 Å². The molecule has 0 bridgehead atoms. The third-order valence-electron chi connectivity index (χ3n) is 4.68. The van der Waals surface area contributed by atoms with Gasteiger partial charge in [0.25, 0.3) is 5.92 Å². The van der Waals surface area contributed by atoms with Crippen molar-refractivity contribution in [2.24, 2.45) is 0 Å². The van der Waals surface area contributed by atoms with Gasteiger partial charge in [-0.25, -0.2) is 4.68 Å². The molecule has 30 heavy (non-hydrogen) atoms. The zero-order valence-corrected chi connectivity index (χ0v) is 16.2. The van der Waals surface area contributed by atoms with Crippen molar-refractivity contribution in [1.82, 2.24) is 25.1 Å². The molecule has 1 amide bonds. The molecule has 8 heteroatoms. The van der Waals surface area contributed by atoms with Gasteiger partial charge in [-0.1, -0.05) is 30.3 Å². The van der Waals surface area contributed by atoms with E-state index in [0.717, 1.165) is 22.3 Å². The van der Waals surface area contributed by atoms with Crippen molar-refractivity contribution in [2.45, 2.75) is 19.3 Å². The van der Waals surface area contributed by atoms with Gasteiger partial charge < -0.3 is 5.32 Å². The number of rotatable bonds is 6. The summed E-state index contributed by atoms with van der Waals surface area (Å²) in [4.78, 5) is 20.7. The average Bonchev–Trinajstić information content (AvgIpc) is 3.16. The molecule has 152 valence electrons. The maximum Gasteiger partial charge on any atom is 0.290 e. The van der Waals surface area contributed by atoms with Crippen LogP contribution in [0.2, 0.25) is 0 Å². The number of hydrogen-bond acceptors (Lipinski definition) is 4. The summed E-state index contributed by atoms with van der Waals surface area (Å²) in [5.74, 6) is -3.66. The summed E-state index contributed by atoms with van der Waals surface area (Å²) < 4.78 is 30.2. The Morgan fingerprint density at radius 2 is 1.90 bits per heavy atom. The van der Waals surface area contributed by atoms with Crippen molar-refractivity contribution in [3.05, 3.63) is 84.1 Å². The highest BCUT2D eigenvalue weighted by atomic mass is 19.3. The van der Waals surface area contributed by atoms with Gasteiger partial charge in [-0.05, 0) is 25.1 Å². The average molecular weight is 407 g/mol. The second-order valence-corrected chi connectivity index (χ2v) is 6.97. The molecular formula is C22H19F2N5O. The number of aryl methyl sites for hydroxylation is 1. The molecule has 4 aromatic rings. The number of benzene rings is 1. The van der Waals surface area contributed by atoms with Crippen LogP contribution in [0.25, 0.3) is 16.6 Å². The van der Waals surface area contributed by atoms with Gasteiger partial charge in [-0.15, -0.1) is 0 Å². The van der Waals surface area contributed by atoms with Crippen LogP contribution in [0.4, 0.5) is 8.78 Å². The molecule has 1 aromatic carbocycles. The second kappa shape index (κ2) is 7.98. The molecule has 3 heterocycles. The number of pyridine rings is 2. The van der Waals surface area contributed by atoms with Crippen molar-refractivity contribution in [3.63, 3.8) is 0 Å². The van der Waals surface area contributed by atoms with Crippen LogP contribution in [-0.2, 0) is 17.1 Å². The number of fused-ring (bicyclic) bond motifs is 1. The minimum atomic E-state index is -3.14. The molecule has 0 aliphatic heterocycles. The molecule has 1 N–H and O–H groups in total. The van der Waals surface area contributed by atoms with Gasteiger partial charge in [-0.3, -0.25) is 14.8 Å². The number of carbonyl (C=O) groups is 1. The zero-order valence-electron chi connectivity index (χ0n) is 16.2. The van der Waals surface area contributed by atoms with Crippen LogP contribution in [0.1, 0.15) is 17.0 Å². The third-order valence-corrected chi connectivity index (χ3v) is 4.68. The molecule has 0 saturated heterocycles. The van der Waals surface area contributed by atoms with Crippen LogP contribution in [-0.4, -0.2) is 32.2 Å². The van der Waals surface area contributed by atoms with Crippen LogP contribution < -0.4 is 5.32 Å². The number of carbonyl (C=O) groups excluding carboxylic acids is 1. The molecule has 0 fully saturated rings. The fraction of sp³-hybridized carbons (Fsp3) is 0.182. The summed E-state index contributed by atoms with van der Waals surface area (Å²) in [6.07, 6.45) is 4.91. The number of amides is 1. The Morgan fingerprint density at radius 1 is 1.10 bits per heavy atom. The predicted octanol–water partition coefficient (Wildman–Crippen LogP) is 3.57. The molecule has 0 unspecified atom stereocenters. The minimum absolute atomic E-state index is 0.0969. The van der Waals surface area contributed by atoms with Gasteiger partial charge in [0.1, 0.15) is 0 Å². The molecule has 6 nitrogen and oxygen atoms in total. The van der Waals surface area contributed by atoms with E-state index in [1.165, 1.54) is 24.3 Å². The molecule has 0 aliphatic rings. The van der Waals surface area contributed by atoms with E-state index in [1.807, 2.05) is 19.1 Å². The van der Waals surface area contributed by atoms with Crippen LogP contribution >= 0.6 is 0 Å². The Labute approximate surface area is 171 Å². The van der Waals surface area contributed by atoms with Gasteiger partial charge in [0.2, 0.25) is 5.91 Å². The number of hydrogen-bond donors (Lipinski definition) is 1. The quantitative estimate of drug-likeness (QED) is 0.530. The summed E-state index contributed by atoms with van der Waals surface area (Å²) in [5.41, 5.74) is 2.84. The van der Waals surface area contributed by atoms with Gasteiger partial charge in [0.15, 0.2) is 0 Å². The zero-order chi connectivity index (χ0) is 21.1. The van der Waals surface area contributed by atoms with E-state index >= 15 is 0 Å². The van der Waals surface area contributed by atoms with Crippen LogP contribution in [0.5, 0.6) is 0 Å². The lowest BCUT2D eigenvalue weighted by Crippen LogP contribution is -2.35. The molecule has 0 aliphatic carbocycles. The predicted molar refractivity (Wildman–Crippen MR) is 108 cm³/mol. The molecule has 0 radical (unpaired) electrons. The molecule has 0 saturated carbocycles. The lowest BCUT2D eigenvalue weighted by Gasteiger charge is -2.17. The van der Waals surface area contributed by atoms with Crippen molar-refractivity contribution in [3.8, 4) is 5.69 Å². The normalized spacial score (nSPS) is 11.6. The lowest BCUT2D eigenvalue weighted by molar-refractivity contribution is -0.122. The van der Waals surface area contributed by atoms with E-state index in [4.69, 9.17) is 0 Å². The largest absolute Gasteiger partial charge is 0.349 e. The standard InChI is InChI=1S/C22H19F2N5O/c1-15-9-19(7-8-25-15)29-20-13-26-18(10-16(20)12-28-29)11-21(30)27-14-22(23,24)17-5-3-2-4-6-17/h2-10,12-13H,11,14H2,1H3,(H,27,30). The van der Waals surface area contributed by atoms with Crippen molar-refractivity contribution >= 4 is 16.8 Å². The number of alkyl halides is 2. The van der Waals surface area contributed by atoms with Gasteiger partial charge in [0.05, 0.1) is 42.3 Å². The first kappa shape index (κ1) is 19.6. The Kier molecular flexibility index (Phi) is 5.22. The highest BCUT2D eigenvalue weighted by Gasteiger charge is 2.31. The number of aromatic nitrogens is 4. The molecule has 4 rings (SSSR count). The van der Waals surface area contributed by atoms with E-state index in [1.54, 1.807) is 35.4 Å². The molecule has 0 spiro atoms. The minimum Gasteiger partial charge on any atom is -0.349 e. The summed E-state index contributed by atoms with van der Waals surface area (Å²) in [6.45, 7) is 1.13. The molecule has 3 aromatic heterocycles. The maximum atomic E-state index is 14.2. The van der Waals surface area contributed by atoms with E-state index in [0.29, 0.717) is 5.69 Å². The van der Waals surface area contributed by atoms with E-state index in [-0.39, 0.29) is 12.0 Å². The Hall–Kier alpha value is -3.68. The first-order valence-corrected chi connectivity index (χ1v) is 9.38. The third kappa shape index (κ3) is 4.17. The fourth-order valence-corrected chi connectivity index (χ4v) is 3.16. The second-order valence-electron chi connectivity index (χ2n) is 6.97. The number of halogens is 2. The highest BCUT2D eigenvalue weighted by Crippen LogP contribution is 2.26. The summed E-state index contributed by atoms with van der Waals surface area (Å²) >= 11 is 0. The summed E-state index contributed by atoms with van der Waals surface area (Å²) in [6, 6.07) is 12.9. The van der Waals surface area contributed by atoms with Crippen molar-refractivity contribution < 1.29 is 13.6 Å². The Morgan fingerprint density at radius 3 is 2.67 bits per heavy atom. The van der Waals surface area contributed by atoms with Crippen LogP contribution in [0.15, 0.2) is 67.1 Å². The first-order valence-electron chi connectivity index (χ1n) is 9.38. The Bertz CT molecular complexity index is 1190. The monoisotopic (exact) mass is 407 g/mol. The smallest absolute Gasteiger partial charge is 0.290 e. The van der Waals surface area contributed by atoms with Crippen molar-refractivity contribution in [2.75, 3.05) is 6.54 Å². The molecular weight excluding hydrogens is 388 g/mol. The van der Waals surface area contributed by atoms with E-state index in [9.17, 15) is 13.6 Å². The van der Waals surface area contributed by atoms with E-state index in [2.05, 4.69) is 20.4 Å². The van der Waals surface area contributed by atoms with Crippen LogP contribution in [0.3, 0.4) is 0 Å².